The minimum Gasteiger partial charge on any atom is -0.331 e. The molecule has 0 aromatic carbocycles. The zero-order valence-corrected chi connectivity index (χ0v) is 8.48. The van der Waals surface area contributed by atoms with Gasteiger partial charge in [0.15, 0.2) is 7.60 Å². The lowest BCUT2D eigenvalue weighted by atomic mass is 10.6. The van der Waals surface area contributed by atoms with Crippen molar-refractivity contribution in [2.24, 2.45) is 0 Å². The SMILES string of the molecule is CCOP(=O)(OCC)[C-](C)C. The van der Waals surface area contributed by atoms with Gasteiger partial charge >= 0.3 is 0 Å². The molecule has 0 spiro atoms. The van der Waals surface area contributed by atoms with E-state index in [2.05, 4.69) is 0 Å². The smallest absolute Gasteiger partial charge is 0.189 e. The van der Waals surface area contributed by atoms with Crippen LogP contribution in [0.1, 0.15) is 27.7 Å². The molecule has 0 saturated carbocycles. The average Bonchev–Trinajstić information content (AvgIpc) is 1.88. The van der Waals surface area contributed by atoms with Crippen LogP contribution >= 0.6 is 7.60 Å². The average molecular weight is 179 g/mol. The summed E-state index contributed by atoms with van der Waals surface area (Å²) in [4.78, 5) is 0. The Balaban J connectivity index is 4.14. The maximum Gasteiger partial charge on any atom is 0.189 e. The highest BCUT2D eigenvalue weighted by Gasteiger charge is 2.15. The van der Waals surface area contributed by atoms with E-state index in [9.17, 15) is 4.57 Å². The molecule has 0 N–H and O–H groups in total. The fourth-order valence-corrected chi connectivity index (χ4v) is 1.91. The van der Waals surface area contributed by atoms with Crippen molar-refractivity contribution >= 4 is 7.60 Å². The molecule has 0 aliphatic carbocycles. The molecule has 0 aliphatic heterocycles. The molecule has 0 radical (unpaired) electrons. The molecule has 0 fully saturated rings. The highest BCUT2D eigenvalue weighted by molar-refractivity contribution is 7.57. The number of rotatable bonds is 5. The molecule has 0 atom stereocenters. The molecular weight excluding hydrogens is 163 g/mol. The van der Waals surface area contributed by atoms with Crippen LogP contribution in [0.4, 0.5) is 0 Å². The van der Waals surface area contributed by atoms with Gasteiger partial charge in [-0.25, -0.2) is 5.66 Å². The molecule has 68 valence electrons. The molecule has 0 rings (SSSR count). The third kappa shape index (κ3) is 3.37. The molecule has 11 heavy (non-hydrogen) atoms. The van der Waals surface area contributed by atoms with Gasteiger partial charge in [-0.2, -0.15) is 13.8 Å². The van der Waals surface area contributed by atoms with E-state index in [-0.39, 0.29) is 0 Å². The summed E-state index contributed by atoms with van der Waals surface area (Å²) in [6, 6.07) is 0. The van der Waals surface area contributed by atoms with Crippen molar-refractivity contribution in [2.45, 2.75) is 27.7 Å². The molecular formula is C7H16O3P-. The zero-order valence-electron chi connectivity index (χ0n) is 7.59. The first-order chi connectivity index (χ1) is 5.06. The van der Waals surface area contributed by atoms with Crippen LogP contribution in [0.25, 0.3) is 0 Å². The fourth-order valence-electron chi connectivity index (χ4n) is 0.635. The van der Waals surface area contributed by atoms with E-state index in [1.165, 1.54) is 0 Å². The predicted molar refractivity (Wildman–Crippen MR) is 45.4 cm³/mol. The van der Waals surface area contributed by atoms with Gasteiger partial charge in [0, 0.05) is 0 Å². The monoisotopic (exact) mass is 179 g/mol. The minimum atomic E-state index is -2.87. The van der Waals surface area contributed by atoms with E-state index >= 15 is 0 Å². The molecule has 0 aromatic heterocycles. The molecule has 0 unspecified atom stereocenters. The van der Waals surface area contributed by atoms with E-state index < -0.39 is 7.60 Å². The second kappa shape index (κ2) is 4.91. The Morgan fingerprint density at radius 2 is 1.55 bits per heavy atom. The van der Waals surface area contributed by atoms with Gasteiger partial charge in [-0.3, -0.25) is 4.57 Å². The summed E-state index contributed by atoms with van der Waals surface area (Å²) in [5.41, 5.74) is 0.709. The van der Waals surface area contributed by atoms with Gasteiger partial charge < -0.3 is 9.05 Å². The maximum atomic E-state index is 11.6. The van der Waals surface area contributed by atoms with Gasteiger partial charge in [0.25, 0.3) is 0 Å². The van der Waals surface area contributed by atoms with Crippen molar-refractivity contribution < 1.29 is 13.6 Å². The Labute approximate surface area is 68.6 Å². The highest BCUT2D eigenvalue weighted by Crippen LogP contribution is 2.56. The van der Waals surface area contributed by atoms with Crippen LogP contribution in [0, 0.1) is 5.66 Å². The summed E-state index contributed by atoms with van der Waals surface area (Å²) in [5.74, 6) is 0. The van der Waals surface area contributed by atoms with E-state index in [0.717, 1.165) is 0 Å². The third-order valence-corrected chi connectivity index (χ3v) is 3.44. The predicted octanol–water partition coefficient (Wildman–Crippen LogP) is 2.82. The minimum absolute atomic E-state index is 0.419. The third-order valence-electron chi connectivity index (χ3n) is 1.15. The Morgan fingerprint density at radius 3 is 1.73 bits per heavy atom. The summed E-state index contributed by atoms with van der Waals surface area (Å²) in [5, 5.41) is 0. The maximum absolute atomic E-state index is 11.6. The zero-order chi connectivity index (χ0) is 8.91. The van der Waals surface area contributed by atoms with Crippen LogP contribution in [0.2, 0.25) is 0 Å². The van der Waals surface area contributed by atoms with Crippen molar-refractivity contribution in [3.63, 3.8) is 0 Å². The van der Waals surface area contributed by atoms with Gasteiger partial charge in [0.1, 0.15) is 0 Å². The van der Waals surface area contributed by atoms with Gasteiger partial charge in [-0.1, -0.05) is 0 Å². The highest BCUT2D eigenvalue weighted by atomic mass is 31.2. The summed E-state index contributed by atoms with van der Waals surface area (Å²) in [6.45, 7) is 7.95. The van der Waals surface area contributed by atoms with Crippen LogP contribution in [-0.2, 0) is 13.6 Å². The van der Waals surface area contributed by atoms with E-state index in [1.54, 1.807) is 27.7 Å². The van der Waals surface area contributed by atoms with E-state index in [1.807, 2.05) is 0 Å². The first-order valence-electron chi connectivity index (χ1n) is 3.76. The fraction of sp³-hybridized carbons (Fsp3) is 0.857. The topological polar surface area (TPSA) is 35.5 Å². The standard InChI is InChI=1S/C7H16O3P/c1-5-9-11(8,7(3)4)10-6-2/h5-6H2,1-4H3/q-1. The molecule has 0 heterocycles. The van der Waals surface area contributed by atoms with Gasteiger partial charge in [-0.15, -0.1) is 0 Å². The normalized spacial score (nSPS) is 12.5. The largest absolute Gasteiger partial charge is 0.331 e. The first-order valence-corrected chi connectivity index (χ1v) is 5.31. The van der Waals surface area contributed by atoms with Crippen molar-refractivity contribution in [1.29, 1.82) is 0 Å². The quantitative estimate of drug-likeness (QED) is 0.480. The molecule has 0 amide bonds. The lowest BCUT2D eigenvalue weighted by Crippen LogP contribution is -1.99. The molecule has 4 heteroatoms. The van der Waals surface area contributed by atoms with Gasteiger partial charge in [-0.05, 0) is 13.8 Å². The Hall–Kier alpha value is 0.150. The first kappa shape index (κ1) is 11.2. The van der Waals surface area contributed by atoms with Crippen LogP contribution in [0.3, 0.4) is 0 Å². The second-order valence-electron chi connectivity index (χ2n) is 2.28. The van der Waals surface area contributed by atoms with Crippen LogP contribution in [-0.4, -0.2) is 13.2 Å². The van der Waals surface area contributed by atoms with Crippen molar-refractivity contribution in [3.8, 4) is 0 Å². The van der Waals surface area contributed by atoms with E-state index in [4.69, 9.17) is 9.05 Å². The lowest BCUT2D eigenvalue weighted by molar-refractivity contribution is 0.222. The van der Waals surface area contributed by atoms with Gasteiger partial charge in [0.2, 0.25) is 0 Å². The Kier molecular flexibility index (Phi) is 4.98. The molecule has 0 aromatic rings. The Bertz CT molecular complexity index is 135. The Morgan fingerprint density at radius 1 is 1.18 bits per heavy atom. The summed E-state index contributed by atoms with van der Waals surface area (Å²) >= 11 is 0. The molecule has 3 nitrogen and oxygen atoms in total. The molecule has 0 bridgehead atoms. The van der Waals surface area contributed by atoms with E-state index in [0.29, 0.717) is 18.9 Å². The summed E-state index contributed by atoms with van der Waals surface area (Å²) < 4.78 is 21.7. The van der Waals surface area contributed by atoms with Crippen molar-refractivity contribution in [1.82, 2.24) is 0 Å². The second-order valence-corrected chi connectivity index (χ2v) is 4.69. The molecule has 0 aliphatic rings. The summed E-state index contributed by atoms with van der Waals surface area (Å²) in [6.07, 6.45) is 0. The number of hydrogen-bond acceptors (Lipinski definition) is 3. The van der Waals surface area contributed by atoms with Crippen LogP contribution in [0.5, 0.6) is 0 Å². The van der Waals surface area contributed by atoms with Crippen molar-refractivity contribution in [3.05, 3.63) is 5.66 Å². The molecule has 0 saturated heterocycles. The van der Waals surface area contributed by atoms with Crippen LogP contribution < -0.4 is 0 Å². The number of hydrogen-bond donors (Lipinski definition) is 0. The summed E-state index contributed by atoms with van der Waals surface area (Å²) in [7, 11) is -2.87. The van der Waals surface area contributed by atoms with Gasteiger partial charge in [0.05, 0.1) is 13.2 Å². The lowest BCUT2D eigenvalue weighted by Gasteiger charge is -2.30. The van der Waals surface area contributed by atoms with Crippen molar-refractivity contribution in [2.75, 3.05) is 13.2 Å². The van der Waals surface area contributed by atoms with Crippen LogP contribution in [0.15, 0.2) is 0 Å².